The van der Waals surface area contributed by atoms with Gasteiger partial charge in [0.1, 0.15) is 23.5 Å². The molecule has 0 unspecified atom stereocenters. The summed E-state index contributed by atoms with van der Waals surface area (Å²) >= 11 is 0. The smallest absolute Gasteiger partial charge is 0.181 e. The van der Waals surface area contributed by atoms with Crippen molar-refractivity contribution in [3.05, 3.63) is 66.5 Å². The van der Waals surface area contributed by atoms with Crippen molar-refractivity contribution in [1.29, 1.82) is 0 Å². The fourth-order valence-corrected chi connectivity index (χ4v) is 3.57. The Labute approximate surface area is 162 Å². The Morgan fingerprint density at radius 3 is 2.93 bits per heavy atom. The van der Waals surface area contributed by atoms with Crippen molar-refractivity contribution in [3.8, 4) is 28.5 Å². The first kappa shape index (κ1) is 16.7. The number of nitrogens with one attached hydrogen (secondary N) is 1. The molecule has 0 radical (unpaired) electrons. The largest absolute Gasteiger partial charge is 0.490 e. The summed E-state index contributed by atoms with van der Waals surface area (Å²) in [4.78, 5) is 13.2. The van der Waals surface area contributed by atoms with Crippen LogP contribution in [-0.4, -0.2) is 35.8 Å². The molecule has 140 valence electrons. The van der Waals surface area contributed by atoms with E-state index in [1.54, 1.807) is 12.4 Å². The Morgan fingerprint density at radius 1 is 1.14 bits per heavy atom. The maximum Gasteiger partial charge on any atom is 0.181 e. The lowest BCUT2D eigenvalue weighted by Crippen LogP contribution is -2.05. The van der Waals surface area contributed by atoms with Crippen LogP contribution >= 0.6 is 0 Å². The Balaban J connectivity index is 1.33. The molecule has 0 bridgehead atoms. The summed E-state index contributed by atoms with van der Waals surface area (Å²) < 4.78 is 7.95. The number of H-pyrrole nitrogens is 1. The summed E-state index contributed by atoms with van der Waals surface area (Å²) in [5.41, 5.74) is 3.31. The Kier molecular flexibility index (Phi) is 4.12. The number of nitrogens with zero attached hydrogens (tertiary/aromatic N) is 5. The summed E-state index contributed by atoms with van der Waals surface area (Å²) in [6.07, 6.45) is 9.25. The minimum Gasteiger partial charge on any atom is -0.490 e. The van der Waals surface area contributed by atoms with E-state index in [1.807, 2.05) is 30.6 Å². The van der Waals surface area contributed by atoms with Gasteiger partial charge in [-0.15, -0.1) is 0 Å². The number of aromatic nitrogens is 6. The minimum atomic E-state index is 0.242. The molecule has 0 fully saturated rings. The molecular weight excluding hydrogens is 352 g/mol. The van der Waals surface area contributed by atoms with Crippen molar-refractivity contribution in [2.24, 2.45) is 0 Å². The van der Waals surface area contributed by atoms with Crippen molar-refractivity contribution in [2.75, 3.05) is 0 Å². The Hall–Kier alpha value is -3.48. The number of hydrogen-bond acceptors (Lipinski definition) is 5. The van der Waals surface area contributed by atoms with Crippen molar-refractivity contribution < 1.29 is 4.74 Å². The maximum atomic E-state index is 5.80. The van der Waals surface area contributed by atoms with E-state index in [0.29, 0.717) is 5.82 Å². The number of rotatable bonds is 5. The van der Waals surface area contributed by atoms with E-state index < -0.39 is 0 Å². The number of hydrogen-bond donors (Lipinski definition) is 1. The predicted octanol–water partition coefficient (Wildman–Crippen LogP) is 3.30. The number of aromatic amines is 1. The first-order chi connectivity index (χ1) is 13.8. The summed E-state index contributed by atoms with van der Waals surface area (Å²) in [6.45, 7) is 2.86. The summed E-state index contributed by atoms with van der Waals surface area (Å²) in [5.74, 6) is 3.48. The molecule has 1 aliphatic heterocycles. The first-order valence-corrected chi connectivity index (χ1v) is 9.39. The zero-order valence-corrected chi connectivity index (χ0v) is 15.5. The van der Waals surface area contributed by atoms with Crippen molar-refractivity contribution in [1.82, 2.24) is 29.7 Å². The molecule has 28 heavy (non-hydrogen) atoms. The first-order valence-electron chi connectivity index (χ1n) is 9.39. The highest BCUT2D eigenvalue weighted by atomic mass is 16.5. The molecule has 5 rings (SSSR count). The van der Waals surface area contributed by atoms with E-state index in [1.165, 1.54) is 5.56 Å². The highest BCUT2D eigenvalue weighted by Crippen LogP contribution is 2.32. The molecule has 0 saturated carbocycles. The number of ether oxygens (including phenoxy) is 1. The van der Waals surface area contributed by atoms with Gasteiger partial charge in [0, 0.05) is 55.3 Å². The van der Waals surface area contributed by atoms with Crippen LogP contribution in [0, 0.1) is 0 Å². The van der Waals surface area contributed by atoms with Crippen LogP contribution in [0.15, 0.2) is 55.1 Å². The topological polar surface area (TPSA) is 81.5 Å². The van der Waals surface area contributed by atoms with Gasteiger partial charge in [0.25, 0.3) is 0 Å². The number of imidazole rings is 1. The number of fused-ring (bicyclic) bond motifs is 1. The zero-order valence-electron chi connectivity index (χ0n) is 15.5. The second-order valence-corrected chi connectivity index (χ2v) is 6.99. The fraction of sp³-hybridized carbons (Fsp3) is 0.238. The molecule has 7 nitrogen and oxygen atoms in total. The summed E-state index contributed by atoms with van der Waals surface area (Å²) in [6, 6.07) is 10.1. The van der Waals surface area contributed by atoms with E-state index in [4.69, 9.17) is 4.74 Å². The molecule has 7 heteroatoms. The molecule has 4 aromatic rings. The van der Waals surface area contributed by atoms with E-state index in [0.717, 1.165) is 47.9 Å². The monoisotopic (exact) mass is 372 g/mol. The Bertz CT molecular complexity index is 1100. The third-order valence-corrected chi connectivity index (χ3v) is 4.93. The molecule has 1 atom stereocenters. The van der Waals surface area contributed by atoms with Gasteiger partial charge in [0.05, 0.1) is 0 Å². The molecule has 3 aromatic heterocycles. The van der Waals surface area contributed by atoms with E-state index in [2.05, 4.69) is 48.8 Å². The van der Waals surface area contributed by atoms with Crippen LogP contribution in [0.2, 0.25) is 0 Å². The predicted molar refractivity (Wildman–Crippen MR) is 105 cm³/mol. The lowest BCUT2D eigenvalue weighted by molar-refractivity contribution is 0.254. The van der Waals surface area contributed by atoms with Crippen molar-refractivity contribution >= 4 is 0 Å². The van der Waals surface area contributed by atoms with E-state index in [9.17, 15) is 0 Å². The molecule has 1 N–H and O–H groups in total. The lowest BCUT2D eigenvalue weighted by Gasteiger charge is -2.08. The highest BCUT2D eigenvalue weighted by molar-refractivity contribution is 5.60. The molecule has 0 aliphatic carbocycles. The maximum absolute atomic E-state index is 5.80. The summed E-state index contributed by atoms with van der Waals surface area (Å²) in [7, 11) is 0. The number of aryl methyl sites for hydroxylation is 2. The van der Waals surface area contributed by atoms with Crippen molar-refractivity contribution in [2.45, 2.75) is 32.4 Å². The van der Waals surface area contributed by atoms with Gasteiger partial charge < -0.3 is 9.30 Å². The van der Waals surface area contributed by atoms with Gasteiger partial charge in [0.2, 0.25) is 0 Å². The SMILES string of the molecule is C[C@@H]1Cc2cc(-c3nccn3CCc3nc(-c4ccncc4)n[nH]3)ccc2O1. The molecule has 0 saturated heterocycles. The number of pyridine rings is 1. The molecule has 1 aliphatic rings. The summed E-state index contributed by atoms with van der Waals surface area (Å²) in [5, 5.41) is 7.34. The third kappa shape index (κ3) is 3.15. The van der Waals surface area contributed by atoms with Gasteiger partial charge in [-0.25, -0.2) is 9.97 Å². The van der Waals surface area contributed by atoms with Gasteiger partial charge in [-0.2, -0.15) is 5.10 Å². The molecule has 0 spiro atoms. The van der Waals surface area contributed by atoms with Crippen LogP contribution in [0.4, 0.5) is 0 Å². The highest BCUT2D eigenvalue weighted by Gasteiger charge is 2.20. The minimum absolute atomic E-state index is 0.242. The van der Waals surface area contributed by atoms with Gasteiger partial charge >= 0.3 is 0 Å². The lowest BCUT2D eigenvalue weighted by atomic mass is 10.1. The second-order valence-electron chi connectivity index (χ2n) is 6.99. The fourth-order valence-electron chi connectivity index (χ4n) is 3.57. The quantitative estimate of drug-likeness (QED) is 0.581. The van der Waals surface area contributed by atoms with Gasteiger partial charge in [0.15, 0.2) is 5.82 Å². The molecule has 4 heterocycles. The van der Waals surface area contributed by atoms with Gasteiger partial charge in [-0.3, -0.25) is 10.1 Å². The van der Waals surface area contributed by atoms with Crippen LogP contribution in [-0.2, 0) is 19.4 Å². The second kappa shape index (κ2) is 6.92. The van der Waals surface area contributed by atoms with Crippen LogP contribution in [0.5, 0.6) is 5.75 Å². The zero-order chi connectivity index (χ0) is 18.9. The van der Waals surface area contributed by atoms with Gasteiger partial charge in [-0.05, 0) is 42.8 Å². The third-order valence-electron chi connectivity index (χ3n) is 4.93. The molecule has 0 amide bonds. The van der Waals surface area contributed by atoms with E-state index >= 15 is 0 Å². The normalized spacial score (nSPS) is 15.4. The average molecular weight is 372 g/mol. The van der Waals surface area contributed by atoms with Crippen molar-refractivity contribution in [3.63, 3.8) is 0 Å². The Morgan fingerprint density at radius 2 is 2.04 bits per heavy atom. The van der Waals surface area contributed by atoms with Crippen LogP contribution in [0.3, 0.4) is 0 Å². The van der Waals surface area contributed by atoms with Gasteiger partial charge in [-0.1, -0.05) is 0 Å². The van der Waals surface area contributed by atoms with Crippen LogP contribution < -0.4 is 4.74 Å². The van der Waals surface area contributed by atoms with Crippen LogP contribution in [0.25, 0.3) is 22.8 Å². The number of benzene rings is 1. The standard InChI is InChI=1S/C21H20N6O/c1-14-12-17-13-16(2-3-18(17)28-14)21-23-9-11-27(21)10-6-19-24-20(26-25-19)15-4-7-22-8-5-15/h2-5,7-9,11,13-14H,6,10,12H2,1H3,(H,24,25,26)/t14-/m1/s1. The van der Waals surface area contributed by atoms with Crippen LogP contribution in [0.1, 0.15) is 18.3 Å². The molecular formula is C21H20N6O. The van der Waals surface area contributed by atoms with E-state index in [-0.39, 0.29) is 6.10 Å². The molecule has 1 aromatic carbocycles. The average Bonchev–Trinajstić information content (AvgIpc) is 3.45.